The van der Waals surface area contributed by atoms with Crippen LogP contribution in [0.1, 0.15) is 10.6 Å². The lowest BCUT2D eigenvalue weighted by Gasteiger charge is -1.91. The van der Waals surface area contributed by atoms with Crippen molar-refractivity contribution in [1.82, 2.24) is 4.98 Å². The molecular formula is C11H8FNS. The van der Waals surface area contributed by atoms with Crippen LogP contribution in [0.5, 0.6) is 0 Å². The molecule has 1 nitrogen and oxygen atoms in total. The second-order valence-electron chi connectivity index (χ2n) is 2.76. The zero-order valence-electron chi connectivity index (χ0n) is 7.35. The highest BCUT2D eigenvalue weighted by Gasteiger charge is 1.90. The molecular weight excluding hydrogens is 197 g/mol. The van der Waals surface area contributed by atoms with Crippen molar-refractivity contribution in [2.24, 2.45) is 0 Å². The normalized spacial score (nSPS) is 10.9. The fourth-order valence-electron chi connectivity index (χ4n) is 1.06. The third-order valence-electron chi connectivity index (χ3n) is 1.74. The Hall–Kier alpha value is -1.48. The maximum absolute atomic E-state index is 12.6. The number of rotatable bonds is 2. The van der Waals surface area contributed by atoms with Crippen molar-refractivity contribution in [3.8, 4) is 0 Å². The molecule has 2 aromatic rings. The summed E-state index contributed by atoms with van der Waals surface area (Å²) in [4.78, 5) is 4.11. The van der Waals surface area contributed by atoms with Crippen LogP contribution in [0.3, 0.4) is 0 Å². The van der Waals surface area contributed by atoms with Crippen LogP contribution in [-0.2, 0) is 0 Å². The van der Waals surface area contributed by atoms with E-state index in [4.69, 9.17) is 0 Å². The zero-order valence-corrected chi connectivity index (χ0v) is 8.17. The Balaban J connectivity index is 2.15. The van der Waals surface area contributed by atoms with Crippen LogP contribution in [0, 0.1) is 5.82 Å². The molecule has 0 bridgehead atoms. The molecule has 70 valence electrons. The van der Waals surface area contributed by atoms with Crippen molar-refractivity contribution < 1.29 is 4.39 Å². The average Bonchev–Trinajstić information content (AvgIpc) is 2.70. The molecule has 0 aliphatic carbocycles. The first-order valence-electron chi connectivity index (χ1n) is 4.18. The van der Waals surface area contributed by atoms with Crippen molar-refractivity contribution in [2.75, 3.05) is 0 Å². The number of hydrogen-bond donors (Lipinski definition) is 0. The lowest BCUT2D eigenvalue weighted by Crippen LogP contribution is -1.74. The standard InChI is InChI=1S/C11H8FNS/c12-10-4-1-9(2-5-10)3-6-11-13-7-8-14-11/h1-8H/b6-3+. The van der Waals surface area contributed by atoms with Crippen LogP contribution in [0.25, 0.3) is 12.2 Å². The second kappa shape index (κ2) is 4.15. The lowest BCUT2D eigenvalue weighted by atomic mass is 10.2. The highest BCUT2D eigenvalue weighted by atomic mass is 32.1. The summed E-state index contributed by atoms with van der Waals surface area (Å²) < 4.78 is 12.6. The third-order valence-corrected chi connectivity index (χ3v) is 2.48. The van der Waals surface area contributed by atoms with Crippen LogP contribution >= 0.6 is 11.3 Å². The van der Waals surface area contributed by atoms with Gasteiger partial charge in [-0.1, -0.05) is 18.2 Å². The minimum absolute atomic E-state index is 0.212. The van der Waals surface area contributed by atoms with Gasteiger partial charge < -0.3 is 0 Å². The predicted octanol–water partition coefficient (Wildman–Crippen LogP) is 3.45. The number of benzene rings is 1. The minimum atomic E-state index is -0.212. The first-order valence-corrected chi connectivity index (χ1v) is 5.06. The van der Waals surface area contributed by atoms with Crippen molar-refractivity contribution in [3.63, 3.8) is 0 Å². The Kier molecular flexibility index (Phi) is 2.70. The van der Waals surface area contributed by atoms with E-state index in [1.54, 1.807) is 29.7 Å². The van der Waals surface area contributed by atoms with Crippen LogP contribution in [0.15, 0.2) is 35.8 Å². The number of nitrogens with zero attached hydrogens (tertiary/aromatic N) is 1. The van der Waals surface area contributed by atoms with Gasteiger partial charge in [-0.05, 0) is 23.8 Å². The number of halogens is 1. The van der Waals surface area contributed by atoms with E-state index in [0.717, 1.165) is 10.6 Å². The minimum Gasteiger partial charge on any atom is -0.245 e. The summed E-state index contributed by atoms with van der Waals surface area (Å²) in [6.07, 6.45) is 5.59. The molecule has 2 rings (SSSR count). The van der Waals surface area contributed by atoms with Gasteiger partial charge in [-0.3, -0.25) is 0 Å². The highest BCUT2D eigenvalue weighted by molar-refractivity contribution is 7.10. The van der Waals surface area contributed by atoms with Gasteiger partial charge in [0.1, 0.15) is 10.8 Å². The van der Waals surface area contributed by atoms with E-state index in [-0.39, 0.29) is 5.82 Å². The summed E-state index contributed by atoms with van der Waals surface area (Å²) >= 11 is 1.57. The highest BCUT2D eigenvalue weighted by Crippen LogP contribution is 2.10. The van der Waals surface area contributed by atoms with Crippen LogP contribution in [0.4, 0.5) is 4.39 Å². The van der Waals surface area contributed by atoms with Gasteiger partial charge in [0, 0.05) is 11.6 Å². The quantitative estimate of drug-likeness (QED) is 0.731. The number of hydrogen-bond acceptors (Lipinski definition) is 2. The summed E-state index contributed by atoms with van der Waals surface area (Å²) in [6.45, 7) is 0. The van der Waals surface area contributed by atoms with E-state index in [1.165, 1.54) is 12.1 Å². The molecule has 14 heavy (non-hydrogen) atoms. The SMILES string of the molecule is Fc1ccc(/C=C/c2nccs2)cc1. The number of aromatic nitrogens is 1. The molecule has 0 fully saturated rings. The molecule has 0 radical (unpaired) electrons. The Morgan fingerprint density at radius 2 is 1.93 bits per heavy atom. The van der Waals surface area contributed by atoms with E-state index < -0.39 is 0 Å². The van der Waals surface area contributed by atoms with Gasteiger partial charge in [0.15, 0.2) is 0 Å². The summed E-state index contributed by atoms with van der Waals surface area (Å²) in [5.74, 6) is -0.212. The monoisotopic (exact) mass is 205 g/mol. The molecule has 0 aliphatic rings. The largest absolute Gasteiger partial charge is 0.245 e. The first kappa shape index (κ1) is 9.09. The van der Waals surface area contributed by atoms with Gasteiger partial charge >= 0.3 is 0 Å². The molecule has 0 saturated carbocycles. The van der Waals surface area contributed by atoms with Gasteiger partial charge in [0.05, 0.1) is 0 Å². The molecule has 0 aliphatic heterocycles. The molecule has 0 unspecified atom stereocenters. The Morgan fingerprint density at radius 3 is 2.57 bits per heavy atom. The topological polar surface area (TPSA) is 12.9 Å². The predicted molar refractivity (Wildman–Crippen MR) is 57.4 cm³/mol. The van der Waals surface area contributed by atoms with Crippen molar-refractivity contribution >= 4 is 23.5 Å². The second-order valence-corrected chi connectivity index (χ2v) is 3.68. The Bertz CT molecular complexity index is 417. The Labute approximate surface area is 85.6 Å². The van der Waals surface area contributed by atoms with E-state index in [2.05, 4.69) is 4.98 Å². The number of thiazole rings is 1. The van der Waals surface area contributed by atoms with Gasteiger partial charge in [0.2, 0.25) is 0 Å². The van der Waals surface area contributed by atoms with Crippen molar-refractivity contribution in [3.05, 3.63) is 52.2 Å². The van der Waals surface area contributed by atoms with Gasteiger partial charge in [-0.2, -0.15) is 0 Å². The van der Waals surface area contributed by atoms with Crippen LogP contribution in [-0.4, -0.2) is 4.98 Å². The molecule has 1 aromatic carbocycles. The average molecular weight is 205 g/mol. The molecule has 0 saturated heterocycles. The Morgan fingerprint density at radius 1 is 1.14 bits per heavy atom. The zero-order chi connectivity index (χ0) is 9.80. The molecule has 1 heterocycles. The lowest BCUT2D eigenvalue weighted by molar-refractivity contribution is 0.628. The first-order chi connectivity index (χ1) is 6.84. The maximum Gasteiger partial charge on any atom is 0.123 e. The smallest absolute Gasteiger partial charge is 0.123 e. The molecule has 0 spiro atoms. The van der Waals surface area contributed by atoms with Crippen LogP contribution < -0.4 is 0 Å². The third kappa shape index (κ3) is 2.26. The summed E-state index contributed by atoms with van der Waals surface area (Å²) in [5.41, 5.74) is 0.974. The van der Waals surface area contributed by atoms with Gasteiger partial charge in [-0.15, -0.1) is 11.3 Å². The van der Waals surface area contributed by atoms with Crippen molar-refractivity contribution in [1.29, 1.82) is 0 Å². The van der Waals surface area contributed by atoms with E-state index in [0.29, 0.717) is 0 Å². The maximum atomic E-state index is 12.6. The molecule has 0 N–H and O–H groups in total. The van der Waals surface area contributed by atoms with E-state index >= 15 is 0 Å². The van der Waals surface area contributed by atoms with Crippen molar-refractivity contribution in [2.45, 2.75) is 0 Å². The summed E-state index contributed by atoms with van der Waals surface area (Å²) in [6, 6.07) is 6.36. The van der Waals surface area contributed by atoms with E-state index in [9.17, 15) is 4.39 Å². The van der Waals surface area contributed by atoms with Crippen LogP contribution in [0.2, 0.25) is 0 Å². The molecule has 0 amide bonds. The van der Waals surface area contributed by atoms with Gasteiger partial charge in [0.25, 0.3) is 0 Å². The van der Waals surface area contributed by atoms with E-state index in [1.807, 2.05) is 17.5 Å². The summed E-state index contributed by atoms with van der Waals surface area (Å²) in [5, 5.41) is 2.87. The molecule has 3 heteroatoms. The fraction of sp³-hybridized carbons (Fsp3) is 0. The summed E-state index contributed by atoms with van der Waals surface area (Å²) in [7, 11) is 0. The fourth-order valence-corrected chi connectivity index (χ4v) is 1.59. The molecule has 1 aromatic heterocycles. The molecule has 0 atom stereocenters. The van der Waals surface area contributed by atoms with Gasteiger partial charge in [-0.25, -0.2) is 9.37 Å².